The van der Waals surface area contributed by atoms with E-state index in [2.05, 4.69) is 12.2 Å². The summed E-state index contributed by atoms with van der Waals surface area (Å²) < 4.78 is 14.7. The van der Waals surface area contributed by atoms with Gasteiger partial charge in [-0.1, -0.05) is 30.8 Å². The molecule has 1 unspecified atom stereocenters. The molecular formula is C22H24FN3O2S2. The minimum Gasteiger partial charge on any atom is -0.351 e. The van der Waals surface area contributed by atoms with E-state index in [1.165, 1.54) is 34.3 Å². The van der Waals surface area contributed by atoms with Crippen molar-refractivity contribution in [3.63, 3.8) is 0 Å². The average molecular weight is 446 g/mol. The van der Waals surface area contributed by atoms with Crippen molar-refractivity contribution in [1.82, 2.24) is 14.9 Å². The SMILES string of the molecule is CCn1c(SCC(=O)NCc2ccc(F)cc2)nc2sc3c(c2c1=O)CCC(C)C3. The lowest BCUT2D eigenvalue weighted by Crippen LogP contribution is -2.26. The highest BCUT2D eigenvalue weighted by atomic mass is 32.2. The summed E-state index contributed by atoms with van der Waals surface area (Å²) in [6, 6.07) is 6.03. The molecule has 8 heteroatoms. The number of thioether (sulfide) groups is 1. The Morgan fingerprint density at radius 2 is 2.13 bits per heavy atom. The number of hydrogen-bond donors (Lipinski definition) is 1. The Morgan fingerprint density at radius 1 is 1.37 bits per heavy atom. The van der Waals surface area contributed by atoms with Crippen LogP contribution in [0.4, 0.5) is 4.39 Å². The number of aromatic nitrogens is 2. The number of carbonyl (C=O) groups is 1. The van der Waals surface area contributed by atoms with Gasteiger partial charge in [0.15, 0.2) is 5.16 Å². The van der Waals surface area contributed by atoms with Crippen molar-refractivity contribution in [3.05, 3.63) is 56.4 Å². The highest BCUT2D eigenvalue weighted by molar-refractivity contribution is 7.99. The molecule has 2 heterocycles. The number of amides is 1. The molecule has 4 rings (SSSR count). The molecule has 158 valence electrons. The van der Waals surface area contributed by atoms with Crippen molar-refractivity contribution in [2.75, 3.05) is 5.75 Å². The molecular weight excluding hydrogens is 421 g/mol. The number of halogens is 1. The number of aryl methyl sites for hydroxylation is 1. The van der Waals surface area contributed by atoms with Crippen LogP contribution in [0.25, 0.3) is 10.2 Å². The molecule has 1 aromatic carbocycles. The number of benzene rings is 1. The van der Waals surface area contributed by atoms with Crippen LogP contribution in [0.1, 0.15) is 36.3 Å². The van der Waals surface area contributed by atoms with E-state index in [-0.39, 0.29) is 23.0 Å². The van der Waals surface area contributed by atoms with Crippen LogP contribution in [0.15, 0.2) is 34.2 Å². The summed E-state index contributed by atoms with van der Waals surface area (Å²) in [6.07, 6.45) is 3.06. The van der Waals surface area contributed by atoms with Crippen molar-refractivity contribution in [1.29, 1.82) is 0 Å². The predicted molar refractivity (Wildman–Crippen MR) is 120 cm³/mol. The fourth-order valence-corrected chi connectivity index (χ4v) is 6.09. The molecule has 3 aromatic rings. The van der Waals surface area contributed by atoms with Crippen LogP contribution in [-0.4, -0.2) is 21.2 Å². The molecule has 0 saturated heterocycles. The van der Waals surface area contributed by atoms with Crippen molar-refractivity contribution < 1.29 is 9.18 Å². The van der Waals surface area contributed by atoms with Crippen LogP contribution in [0.2, 0.25) is 0 Å². The van der Waals surface area contributed by atoms with E-state index in [0.717, 1.165) is 35.0 Å². The molecule has 0 bridgehead atoms. The molecule has 0 aliphatic heterocycles. The van der Waals surface area contributed by atoms with Crippen LogP contribution >= 0.6 is 23.1 Å². The maximum Gasteiger partial charge on any atom is 0.263 e. The zero-order valence-corrected chi connectivity index (χ0v) is 18.7. The topological polar surface area (TPSA) is 64.0 Å². The minimum absolute atomic E-state index is 0.00349. The Morgan fingerprint density at radius 3 is 2.87 bits per heavy atom. The molecule has 0 radical (unpaired) electrons. The van der Waals surface area contributed by atoms with Crippen LogP contribution < -0.4 is 10.9 Å². The first kappa shape index (κ1) is 21.1. The summed E-state index contributed by atoms with van der Waals surface area (Å²) in [5.74, 6) is 0.351. The third-order valence-electron chi connectivity index (χ3n) is 5.43. The average Bonchev–Trinajstić information content (AvgIpc) is 3.09. The van der Waals surface area contributed by atoms with E-state index in [4.69, 9.17) is 4.98 Å². The van der Waals surface area contributed by atoms with E-state index >= 15 is 0 Å². The summed E-state index contributed by atoms with van der Waals surface area (Å²) in [7, 11) is 0. The molecule has 1 atom stereocenters. The van der Waals surface area contributed by atoms with Crippen LogP contribution in [-0.2, 0) is 30.7 Å². The monoisotopic (exact) mass is 445 g/mol. The Kier molecular flexibility index (Phi) is 6.24. The van der Waals surface area contributed by atoms with Gasteiger partial charge in [-0.15, -0.1) is 11.3 Å². The van der Waals surface area contributed by atoms with Gasteiger partial charge in [-0.25, -0.2) is 9.37 Å². The normalized spacial score (nSPS) is 15.9. The van der Waals surface area contributed by atoms with Crippen LogP contribution in [0, 0.1) is 11.7 Å². The van der Waals surface area contributed by atoms with Gasteiger partial charge in [0.2, 0.25) is 5.91 Å². The summed E-state index contributed by atoms with van der Waals surface area (Å²) in [6.45, 7) is 5.02. The quantitative estimate of drug-likeness (QED) is 0.457. The molecule has 1 aliphatic carbocycles. The van der Waals surface area contributed by atoms with Gasteiger partial charge < -0.3 is 5.32 Å². The summed E-state index contributed by atoms with van der Waals surface area (Å²) in [5, 5.41) is 4.18. The van der Waals surface area contributed by atoms with Gasteiger partial charge in [0, 0.05) is 18.0 Å². The first-order valence-corrected chi connectivity index (χ1v) is 12.0. The number of nitrogens with one attached hydrogen (secondary N) is 1. The lowest BCUT2D eigenvalue weighted by atomic mass is 9.89. The highest BCUT2D eigenvalue weighted by Crippen LogP contribution is 2.36. The van der Waals surface area contributed by atoms with Crippen molar-refractivity contribution in [2.45, 2.75) is 51.4 Å². The molecule has 1 amide bonds. The Labute approximate surface area is 182 Å². The fourth-order valence-electron chi connectivity index (χ4n) is 3.78. The second kappa shape index (κ2) is 8.89. The van der Waals surface area contributed by atoms with Gasteiger partial charge in [0.05, 0.1) is 11.1 Å². The van der Waals surface area contributed by atoms with Crippen LogP contribution in [0.3, 0.4) is 0 Å². The third kappa shape index (κ3) is 4.30. The second-order valence-electron chi connectivity index (χ2n) is 7.67. The van der Waals surface area contributed by atoms with E-state index in [1.807, 2.05) is 6.92 Å². The van der Waals surface area contributed by atoms with Crippen LogP contribution in [0.5, 0.6) is 0 Å². The summed E-state index contributed by atoms with van der Waals surface area (Å²) in [5.41, 5.74) is 2.02. The maximum atomic E-state index is 13.2. The number of rotatable bonds is 6. The Balaban J connectivity index is 1.50. The van der Waals surface area contributed by atoms with Crippen molar-refractivity contribution in [3.8, 4) is 0 Å². The van der Waals surface area contributed by atoms with E-state index in [9.17, 15) is 14.0 Å². The zero-order chi connectivity index (χ0) is 21.3. The predicted octanol–water partition coefficient (Wildman–Crippen LogP) is 4.15. The van der Waals surface area contributed by atoms with Gasteiger partial charge in [0.25, 0.3) is 5.56 Å². The number of hydrogen-bond acceptors (Lipinski definition) is 5. The molecule has 5 nitrogen and oxygen atoms in total. The van der Waals surface area contributed by atoms with Gasteiger partial charge in [-0.3, -0.25) is 14.2 Å². The van der Waals surface area contributed by atoms with Crippen molar-refractivity contribution in [2.24, 2.45) is 5.92 Å². The first-order valence-electron chi connectivity index (χ1n) is 10.1. The van der Waals surface area contributed by atoms with E-state index in [1.54, 1.807) is 28.0 Å². The van der Waals surface area contributed by atoms with Gasteiger partial charge in [0.1, 0.15) is 10.6 Å². The number of nitrogens with zero attached hydrogens (tertiary/aromatic N) is 2. The summed E-state index contributed by atoms with van der Waals surface area (Å²) >= 11 is 2.90. The zero-order valence-electron chi connectivity index (χ0n) is 17.0. The Hall–Kier alpha value is -2.19. The van der Waals surface area contributed by atoms with E-state index in [0.29, 0.717) is 24.2 Å². The lowest BCUT2D eigenvalue weighted by molar-refractivity contribution is -0.118. The molecule has 0 saturated carbocycles. The van der Waals surface area contributed by atoms with Crippen molar-refractivity contribution >= 4 is 39.2 Å². The minimum atomic E-state index is -0.302. The molecule has 0 fully saturated rings. The molecule has 1 N–H and O–H groups in total. The van der Waals surface area contributed by atoms with Gasteiger partial charge in [-0.05, 0) is 55.4 Å². The van der Waals surface area contributed by atoms with Gasteiger partial charge in [-0.2, -0.15) is 0 Å². The molecule has 30 heavy (non-hydrogen) atoms. The number of thiophene rings is 1. The highest BCUT2D eigenvalue weighted by Gasteiger charge is 2.24. The second-order valence-corrected chi connectivity index (χ2v) is 9.69. The standard InChI is InChI=1S/C22H24FN3O2S2/c1-3-26-21(28)19-16-9-4-13(2)10-17(16)30-20(19)25-22(26)29-12-18(27)24-11-14-5-7-15(23)8-6-14/h5-8,13H,3-4,9-12H2,1-2H3,(H,24,27). The Bertz CT molecular complexity index is 1140. The first-order chi connectivity index (χ1) is 14.5. The number of carbonyl (C=O) groups excluding carboxylic acids is 1. The van der Waals surface area contributed by atoms with Gasteiger partial charge >= 0.3 is 0 Å². The number of fused-ring (bicyclic) bond motifs is 3. The molecule has 0 spiro atoms. The maximum absolute atomic E-state index is 13.2. The summed E-state index contributed by atoms with van der Waals surface area (Å²) in [4.78, 5) is 32.3. The fraction of sp³-hybridized carbons (Fsp3) is 0.409. The molecule has 1 aliphatic rings. The largest absolute Gasteiger partial charge is 0.351 e. The van der Waals surface area contributed by atoms with E-state index < -0.39 is 0 Å². The third-order valence-corrected chi connectivity index (χ3v) is 7.56. The lowest BCUT2D eigenvalue weighted by Gasteiger charge is -2.17. The molecule has 2 aromatic heterocycles. The smallest absolute Gasteiger partial charge is 0.263 e.